The Morgan fingerprint density at radius 1 is 1.24 bits per heavy atom. The normalized spacial score (nSPS) is 18.7. The molecule has 1 aliphatic rings. The summed E-state index contributed by atoms with van der Waals surface area (Å²) in [6, 6.07) is 4.34. The zero-order chi connectivity index (χ0) is 15.7. The van der Waals surface area contributed by atoms with E-state index in [0.717, 1.165) is 12.1 Å². The number of benzene rings is 1. The van der Waals surface area contributed by atoms with E-state index in [1.165, 1.54) is 16.4 Å². The van der Waals surface area contributed by atoms with Crippen molar-refractivity contribution < 1.29 is 26.3 Å². The maximum Gasteiger partial charge on any atom is 0.573 e. The maximum absolute atomic E-state index is 12.4. The van der Waals surface area contributed by atoms with E-state index in [1.807, 2.05) is 0 Å². The van der Waals surface area contributed by atoms with Gasteiger partial charge >= 0.3 is 6.36 Å². The van der Waals surface area contributed by atoms with Gasteiger partial charge in [0.2, 0.25) is 10.0 Å². The van der Waals surface area contributed by atoms with Gasteiger partial charge in [-0.25, -0.2) is 8.42 Å². The molecule has 1 aliphatic heterocycles. The molecule has 9 heteroatoms. The number of nitrogens with two attached hydrogens (primary N) is 1. The number of nitrogens with zero attached hydrogens (tertiary/aromatic N) is 1. The Morgan fingerprint density at radius 3 is 2.43 bits per heavy atom. The van der Waals surface area contributed by atoms with Crippen LogP contribution < -0.4 is 10.5 Å². The Labute approximate surface area is 120 Å². The molecule has 0 unspecified atom stereocenters. The van der Waals surface area contributed by atoms with Crippen molar-refractivity contribution >= 4 is 10.0 Å². The number of sulfonamides is 1. The van der Waals surface area contributed by atoms with Crippen molar-refractivity contribution in [2.45, 2.75) is 30.1 Å². The third kappa shape index (κ3) is 4.08. The third-order valence-electron chi connectivity index (χ3n) is 3.18. The van der Waals surface area contributed by atoms with Crippen molar-refractivity contribution in [2.24, 2.45) is 5.73 Å². The van der Waals surface area contributed by atoms with E-state index in [0.29, 0.717) is 12.8 Å². The van der Waals surface area contributed by atoms with E-state index in [2.05, 4.69) is 4.74 Å². The van der Waals surface area contributed by atoms with Gasteiger partial charge in [-0.05, 0) is 25.0 Å². The zero-order valence-electron chi connectivity index (χ0n) is 11.0. The summed E-state index contributed by atoms with van der Waals surface area (Å²) in [6.45, 7) is 0.516. The Hall–Kier alpha value is -1.32. The quantitative estimate of drug-likeness (QED) is 0.918. The largest absolute Gasteiger partial charge is 0.573 e. The Kier molecular flexibility index (Phi) is 4.45. The van der Waals surface area contributed by atoms with Crippen molar-refractivity contribution in [3.8, 4) is 5.75 Å². The van der Waals surface area contributed by atoms with E-state index < -0.39 is 22.1 Å². The van der Waals surface area contributed by atoms with E-state index >= 15 is 0 Å². The number of hydrogen-bond acceptors (Lipinski definition) is 4. The number of hydrogen-bond donors (Lipinski definition) is 1. The molecule has 21 heavy (non-hydrogen) atoms. The number of ether oxygens (including phenoxy) is 1. The summed E-state index contributed by atoms with van der Waals surface area (Å²) in [4.78, 5) is -0.222. The smallest absolute Gasteiger partial charge is 0.406 e. The minimum atomic E-state index is -4.86. The van der Waals surface area contributed by atoms with Crippen LogP contribution in [0, 0.1) is 0 Å². The van der Waals surface area contributed by atoms with E-state index in [4.69, 9.17) is 5.73 Å². The second-order valence-corrected chi connectivity index (χ2v) is 6.70. The van der Waals surface area contributed by atoms with Crippen LogP contribution >= 0.6 is 0 Å². The number of piperidine rings is 1. The SMILES string of the molecule is NC1CCN(S(=O)(=O)c2cccc(OC(F)(F)F)c2)CC1. The summed E-state index contributed by atoms with van der Waals surface area (Å²) in [5.41, 5.74) is 5.71. The molecule has 0 amide bonds. The second-order valence-electron chi connectivity index (χ2n) is 4.76. The van der Waals surface area contributed by atoms with Crippen LogP contribution in [-0.2, 0) is 10.0 Å². The van der Waals surface area contributed by atoms with E-state index in [-0.39, 0.29) is 24.0 Å². The van der Waals surface area contributed by atoms with Crippen molar-refractivity contribution in [2.75, 3.05) is 13.1 Å². The second kappa shape index (κ2) is 5.82. The lowest BCUT2D eigenvalue weighted by atomic mass is 10.1. The van der Waals surface area contributed by atoms with Crippen LogP contribution in [0.3, 0.4) is 0 Å². The first-order valence-corrected chi connectivity index (χ1v) is 7.74. The third-order valence-corrected chi connectivity index (χ3v) is 5.07. The van der Waals surface area contributed by atoms with Gasteiger partial charge in [0.1, 0.15) is 5.75 Å². The molecule has 118 valence electrons. The lowest BCUT2D eigenvalue weighted by Crippen LogP contribution is -2.42. The predicted molar refractivity (Wildman–Crippen MR) is 69.1 cm³/mol. The molecule has 0 aromatic heterocycles. The first-order valence-electron chi connectivity index (χ1n) is 6.30. The fraction of sp³-hybridized carbons (Fsp3) is 0.500. The molecule has 0 saturated carbocycles. The summed E-state index contributed by atoms with van der Waals surface area (Å²) in [5, 5.41) is 0. The highest BCUT2D eigenvalue weighted by atomic mass is 32.2. The Balaban J connectivity index is 2.22. The molecule has 0 radical (unpaired) electrons. The predicted octanol–water partition coefficient (Wildman–Crippen LogP) is 1.70. The summed E-state index contributed by atoms with van der Waals surface area (Å²) in [5.74, 6) is -0.558. The van der Waals surface area contributed by atoms with Crippen molar-refractivity contribution in [1.82, 2.24) is 4.31 Å². The lowest BCUT2D eigenvalue weighted by molar-refractivity contribution is -0.274. The zero-order valence-corrected chi connectivity index (χ0v) is 11.8. The molecule has 5 nitrogen and oxygen atoms in total. The average Bonchev–Trinajstić information content (AvgIpc) is 2.37. The molecule has 0 bridgehead atoms. The molecule has 1 aromatic carbocycles. The first-order chi connectivity index (χ1) is 9.68. The lowest BCUT2D eigenvalue weighted by Gasteiger charge is -2.29. The molecular weight excluding hydrogens is 309 g/mol. The van der Waals surface area contributed by atoms with Gasteiger partial charge in [-0.1, -0.05) is 6.07 Å². The average molecular weight is 324 g/mol. The monoisotopic (exact) mass is 324 g/mol. The van der Waals surface area contributed by atoms with Gasteiger partial charge in [-0.15, -0.1) is 13.2 Å². The van der Waals surface area contributed by atoms with Gasteiger partial charge in [-0.3, -0.25) is 0 Å². The highest BCUT2D eigenvalue weighted by molar-refractivity contribution is 7.89. The molecule has 1 aromatic rings. The maximum atomic E-state index is 12.4. The molecule has 0 atom stereocenters. The summed E-state index contributed by atoms with van der Waals surface area (Å²) in [7, 11) is -3.83. The molecule has 0 aliphatic carbocycles. The Morgan fingerprint density at radius 2 is 1.86 bits per heavy atom. The molecular formula is C12H15F3N2O3S. The number of halogens is 3. The highest BCUT2D eigenvalue weighted by Crippen LogP contribution is 2.27. The summed E-state index contributed by atoms with van der Waals surface area (Å²) < 4.78 is 66.2. The van der Waals surface area contributed by atoms with Gasteiger partial charge in [0.15, 0.2) is 0 Å². The van der Waals surface area contributed by atoms with Crippen LogP contribution in [0.5, 0.6) is 5.75 Å². The number of alkyl halides is 3. The fourth-order valence-electron chi connectivity index (χ4n) is 2.10. The summed E-state index contributed by atoms with van der Waals surface area (Å²) in [6.07, 6.45) is -3.81. The van der Waals surface area contributed by atoms with Crippen LogP contribution in [0.2, 0.25) is 0 Å². The molecule has 1 heterocycles. The minimum absolute atomic E-state index is 0.0450. The molecule has 2 N–H and O–H groups in total. The first kappa shape index (κ1) is 16.1. The summed E-state index contributed by atoms with van der Waals surface area (Å²) >= 11 is 0. The number of rotatable bonds is 3. The fourth-order valence-corrected chi connectivity index (χ4v) is 3.60. The van der Waals surface area contributed by atoms with Gasteiger partial charge in [0.25, 0.3) is 0 Å². The van der Waals surface area contributed by atoms with Crippen LogP contribution in [0.4, 0.5) is 13.2 Å². The van der Waals surface area contributed by atoms with Gasteiger partial charge in [0, 0.05) is 25.2 Å². The van der Waals surface area contributed by atoms with Crippen LogP contribution in [-0.4, -0.2) is 38.2 Å². The van der Waals surface area contributed by atoms with Crippen molar-refractivity contribution in [3.05, 3.63) is 24.3 Å². The van der Waals surface area contributed by atoms with Crippen LogP contribution in [0.25, 0.3) is 0 Å². The van der Waals surface area contributed by atoms with Crippen LogP contribution in [0.15, 0.2) is 29.2 Å². The Bertz CT molecular complexity index is 596. The van der Waals surface area contributed by atoms with Crippen molar-refractivity contribution in [1.29, 1.82) is 0 Å². The van der Waals surface area contributed by atoms with Gasteiger partial charge < -0.3 is 10.5 Å². The molecule has 1 fully saturated rings. The molecule has 1 saturated heterocycles. The molecule has 0 spiro atoms. The van der Waals surface area contributed by atoms with Gasteiger partial charge in [0.05, 0.1) is 4.90 Å². The van der Waals surface area contributed by atoms with E-state index in [1.54, 1.807) is 0 Å². The van der Waals surface area contributed by atoms with Gasteiger partial charge in [-0.2, -0.15) is 4.31 Å². The molecule has 2 rings (SSSR count). The highest BCUT2D eigenvalue weighted by Gasteiger charge is 2.32. The van der Waals surface area contributed by atoms with E-state index in [9.17, 15) is 21.6 Å². The van der Waals surface area contributed by atoms with Crippen molar-refractivity contribution in [3.63, 3.8) is 0 Å². The van der Waals surface area contributed by atoms with Crippen LogP contribution in [0.1, 0.15) is 12.8 Å². The minimum Gasteiger partial charge on any atom is -0.406 e. The standard InChI is InChI=1S/C12H15F3N2O3S/c13-12(14,15)20-10-2-1-3-11(8-10)21(18,19)17-6-4-9(16)5-7-17/h1-3,8-9H,4-7,16H2. The topological polar surface area (TPSA) is 72.6 Å².